The lowest BCUT2D eigenvalue weighted by Crippen LogP contribution is -2.02. The fraction of sp³-hybridized carbons (Fsp3) is 0.562. The quantitative estimate of drug-likeness (QED) is 0.751. The van der Waals surface area contributed by atoms with Gasteiger partial charge in [-0.25, -0.2) is 0 Å². The van der Waals surface area contributed by atoms with E-state index in [0.717, 1.165) is 18.6 Å². The van der Waals surface area contributed by atoms with E-state index in [0.29, 0.717) is 11.8 Å². The molecule has 0 radical (unpaired) electrons. The van der Waals surface area contributed by atoms with Crippen LogP contribution in [0.25, 0.3) is 0 Å². The smallest absolute Gasteiger partial charge is 0.306 e. The Labute approximate surface area is 119 Å². The van der Waals surface area contributed by atoms with Gasteiger partial charge in [-0.15, -0.1) is 11.8 Å². The van der Waals surface area contributed by atoms with Crippen molar-refractivity contribution in [2.45, 2.75) is 43.9 Å². The maximum absolute atomic E-state index is 10.8. The third-order valence-corrected chi connectivity index (χ3v) is 5.04. The average molecular weight is 278 g/mol. The number of hydrogen-bond donors (Lipinski definition) is 1. The summed E-state index contributed by atoms with van der Waals surface area (Å²) in [5, 5.41) is 8.92. The van der Waals surface area contributed by atoms with Gasteiger partial charge in [0, 0.05) is 4.90 Å². The number of thioether (sulfide) groups is 1. The van der Waals surface area contributed by atoms with E-state index in [4.69, 9.17) is 5.11 Å². The molecule has 0 heterocycles. The molecule has 1 aliphatic rings. The molecule has 104 valence electrons. The molecule has 2 rings (SSSR count). The Morgan fingerprint density at radius 3 is 2.63 bits per heavy atom. The van der Waals surface area contributed by atoms with E-state index in [1.54, 1.807) is 0 Å². The summed E-state index contributed by atoms with van der Waals surface area (Å²) in [6.07, 6.45) is 3.06. The molecule has 19 heavy (non-hydrogen) atoms. The molecular formula is C16H22O2S. The molecule has 0 aromatic heterocycles. The van der Waals surface area contributed by atoms with Gasteiger partial charge in [0.05, 0.1) is 5.92 Å². The molecule has 1 saturated carbocycles. The number of carboxylic acid groups (broad SMARTS) is 1. The summed E-state index contributed by atoms with van der Waals surface area (Å²) in [6.45, 7) is 4.39. The van der Waals surface area contributed by atoms with Gasteiger partial charge in [0.15, 0.2) is 0 Å². The van der Waals surface area contributed by atoms with Gasteiger partial charge in [0.2, 0.25) is 0 Å². The molecule has 0 amide bonds. The van der Waals surface area contributed by atoms with Gasteiger partial charge >= 0.3 is 5.97 Å². The van der Waals surface area contributed by atoms with Crippen molar-refractivity contribution in [1.82, 2.24) is 0 Å². The topological polar surface area (TPSA) is 37.3 Å². The number of rotatable bonds is 7. The van der Waals surface area contributed by atoms with Crippen LogP contribution in [-0.2, 0) is 4.79 Å². The third kappa shape index (κ3) is 4.00. The number of benzene rings is 1. The monoisotopic (exact) mass is 278 g/mol. The van der Waals surface area contributed by atoms with Crippen molar-refractivity contribution < 1.29 is 9.90 Å². The molecule has 0 bridgehead atoms. The molecular weight excluding hydrogens is 256 g/mol. The highest BCUT2D eigenvalue weighted by Gasteiger charge is 2.43. The van der Waals surface area contributed by atoms with E-state index in [1.165, 1.54) is 16.9 Å². The Balaban J connectivity index is 1.86. The molecule has 0 spiro atoms. The summed E-state index contributed by atoms with van der Waals surface area (Å²) < 4.78 is 0. The Morgan fingerprint density at radius 2 is 2.11 bits per heavy atom. The number of carbonyl (C=O) groups is 1. The van der Waals surface area contributed by atoms with Crippen LogP contribution in [0.15, 0.2) is 29.2 Å². The lowest BCUT2D eigenvalue weighted by atomic mass is 9.95. The average Bonchev–Trinajstić information content (AvgIpc) is 3.16. The van der Waals surface area contributed by atoms with Gasteiger partial charge in [-0.05, 0) is 54.5 Å². The maximum atomic E-state index is 10.8. The number of hydrogen-bond acceptors (Lipinski definition) is 2. The summed E-state index contributed by atoms with van der Waals surface area (Å²) in [4.78, 5) is 12.2. The SMILES string of the molecule is CCCSc1ccc(C(C)CC2CC2C(=O)O)cc1. The first kappa shape index (κ1) is 14.4. The summed E-state index contributed by atoms with van der Waals surface area (Å²) >= 11 is 1.89. The highest BCUT2D eigenvalue weighted by Crippen LogP contribution is 2.45. The van der Waals surface area contributed by atoms with Crippen LogP contribution in [0.2, 0.25) is 0 Å². The summed E-state index contributed by atoms with van der Waals surface area (Å²) in [5.41, 5.74) is 1.33. The first-order chi connectivity index (χ1) is 9.11. The van der Waals surface area contributed by atoms with Crippen molar-refractivity contribution in [2.24, 2.45) is 11.8 Å². The second-order valence-electron chi connectivity index (χ2n) is 5.49. The molecule has 1 aliphatic carbocycles. The predicted octanol–water partition coefficient (Wildman–Crippen LogP) is 4.40. The normalized spacial score (nSPS) is 23.1. The highest BCUT2D eigenvalue weighted by molar-refractivity contribution is 7.99. The molecule has 1 aromatic rings. The molecule has 2 nitrogen and oxygen atoms in total. The van der Waals surface area contributed by atoms with E-state index < -0.39 is 5.97 Å². The first-order valence-corrected chi connectivity index (χ1v) is 8.06. The molecule has 3 atom stereocenters. The summed E-state index contributed by atoms with van der Waals surface area (Å²) in [7, 11) is 0. The Kier molecular flexibility index (Phi) is 4.92. The third-order valence-electron chi connectivity index (χ3n) is 3.82. The minimum atomic E-state index is -0.622. The standard InChI is InChI=1S/C16H22O2S/c1-3-8-19-14-6-4-12(5-7-14)11(2)9-13-10-15(13)16(17)18/h4-7,11,13,15H,3,8-10H2,1-2H3,(H,17,18). The lowest BCUT2D eigenvalue weighted by Gasteiger charge is -2.12. The molecule has 0 aliphatic heterocycles. The molecule has 1 N–H and O–H groups in total. The minimum Gasteiger partial charge on any atom is -0.481 e. The fourth-order valence-electron chi connectivity index (χ4n) is 2.51. The van der Waals surface area contributed by atoms with E-state index in [2.05, 4.69) is 38.1 Å². The van der Waals surface area contributed by atoms with Gasteiger partial charge in [0.1, 0.15) is 0 Å². The Morgan fingerprint density at radius 1 is 1.42 bits per heavy atom. The van der Waals surface area contributed by atoms with Crippen LogP contribution >= 0.6 is 11.8 Å². The Bertz CT molecular complexity index is 427. The van der Waals surface area contributed by atoms with Crippen LogP contribution in [-0.4, -0.2) is 16.8 Å². The fourth-order valence-corrected chi connectivity index (χ4v) is 3.28. The number of aliphatic carboxylic acids is 1. The van der Waals surface area contributed by atoms with E-state index >= 15 is 0 Å². The van der Waals surface area contributed by atoms with Crippen molar-refractivity contribution >= 4 is 17.7 Å². The van der Waals surface area contributed by atoms with Crippen molar-refractivity contribution in [1.29, 1.82) is 0 Å². The largest absolute Gasteiger partial charge is 0.481 e. The molecule has 1 fully saturated rings. The van der Waals surface area contributed by atoms with Crippen LogP contribution in [0.1, 0.15) is 44.6 Å². The zero-order chi connectivity index (χ0) is 13.8. The lowest BCUT2D eigenvalue weighted by molar-refractivity contribution is -0.138. The van der Waals surface area contributed by atoms with Gasteiger partial charge in [0.25, 0.3) is 0 Å². The van der Waals surface area contributed by atoms with E-state index in [1.807, 2.05) is 11.8 Å². The molecule has 1 aromatic carbocycles. The first-order valence-electron chi connectivity index (χ1n) is 7.07. The van der Waals surface area contributed by atoms with Crippen LogP contribution in [0.5, 0.6) is 0 Å². The van der Waals surface area contributed by atoms with Crippen molar-refractivity contribution in [3.8, 4) is 0 Å². The van der Waals surface area contributed by atoms with Gasteiger partial charge in [-0.2, -0.15) is 0 Å². The Hall–Kier alpha value is -0.960. The molecule has 3 heteroatoms. The van der Waals surface area contributed by atoms with E-state index in [-0.39, 0.29) is 5.92 Å². The van der Waals surface area contributed by atoms with Crippen LogP contribution in [0.4, 0.5) is 0 Å². The minimum absolute atomic E-state index is 0.0816. The maximum Gasteiger partial charge on any atom is 0.306 e. The zero-order valence-corrected chi connectivity index (χ0v) is 12.5. The summed E-state index contributed by atoms with van der Waals surface area (Å²) in [6, 6.07) is 8.77. The number of carboxylic acids is 1. The molecule has 0 saturated heterocycles. The van der Waals surface area contributed by atoms with Crippen molar-refractivity contribution in [2.75, 3.05) is 5.75 Å². The van der Waals surface area contributed by atoms with Gasteiger partial charge in [-0.1, -0.05) is 26.0 Å². The molecule has 3 unspecified atom stereocenters. The van der Waals surface area contributed by atoms with Gasteiger partial charge in [-0.3, -0.25) is 4.79 Å². The van der Waals surface area contributed by atoms with Gasteiger partial charge < -0.3 is 5.11 Å². The van der Waals surface area contributed by atoms with Crippen LogP contribution < -0.4 is 0 Å². The van der Waals surface area contributed by atoms with Crippen molar-refractivity contribution in [3.63, 3.8) is 0 Å². The van der Waals surface area contributed by atoms with Crippen LogP contribution in [0.3, 0.4) is 0 Å². The summed E-state index contributed by atoms with van der Waals surface area (Å²) in [5.74, 6) is 1.31. The predicted molar refractivity (Wildman–Crippen MR) is 79.7 cm³/mol. The van der Waals surface area contributed by atoms with Crippen molar-refractivity contribution in [3.05, 3.63) is 29.8 Å². The second-order valence-corrected chi connectivity index (χ2v) is 6.66. The van der Waals surface area contributed by atoms with E-state index in [9.17, 15) is 4.79 Å². The zero-order valence-electron chi connectivity index (χ0n) is 11.6. The van der Waals surface area contributed by atoms with Crippen LogP contribution in [0, 0.1) is 11.8 Å². The second kappa shape index (κ2) is 6.47. The highest BCUT2D eigenvalue weighted by atomic mass is 32.2.